The van der Waals surface area contributed by atoms with Gasteiger partial charge in [0.1, 0.15) is 0 Å². The van der Waals surface area contributed by atoms with Crippen molar-refractivity contribution in [3.05, 3.63) is 65.2 Å². The van der Waals surface area contributed by atoms with Crippen molar-refractivity contribution in [3.63, 3.8) is 0 Å². The van der Waals surface area contributed by atoms with Crippen molar-refractivity contribution < 1.29 is 22.7 Å². The maximum Gasteiger partial charge on any atom is 0.253 e. The van der Waals surface area contributed by atoms with Crippen LogP contribution in [0.3, 0.4) is 0 Å². The lowest BCUT2D eigenvalue weighted by atomic mass is 10.1. The number of benzene rings is 2. The Morgan fingerprint density at radius 1 is 1.00 bits per heavy atom. The Labute approximate surface area is 178 Å². The fourth-order valence-corrected chi connectivity index (χ4v) is 3.78. The minimum Gasteiger partial charge on any atom is -0.384 e. The highest BCUT2D eigenvalue weighted by Gasteiger charge is 2.16. The van der Waals surface area contributed by atoms with E-state index in [1.54, 1.807) is 36.2 Å². The van der Waals surface area contributed by atoms with Gasteiger partial charge >= 0.3 is 0 Å². The zero-order chi connectivity index (χ0) is 22.3. The van der Waals surface area contributed by atoms with E-state index in [0.29, 0.717) is 17.7 Å². The van der Waals surface area contributed by atoms with Crippen LogP contribution in [-0.2, 0) is 21.1 Å². The van der Waals surface area contributed by atoms with Crippen molar-refractivity contribution in [2.75, 3.05) is 26.5 Å². The summed E-state index contributed by atoms with van der Waals surface area (Å²) in [6.07, 6.45) is 0. The van der Waals surface area contributed by atoms with Crippen LogP contribution in [0.4, 0.5) is 0 Å². The number of nitrogens with zero attached hydrogens (tertiary/aromatic N) is 1. The molecule has 7 nitrogen and oxygen atoms in total. The molecule has 0 atom stereocenters. The van der Waals surface area contributed by atoms with Gasteiger partial charge in [0.25, 0.3) is 11.8 Å². The molecule has 162 valence electrons. The lowest BCUT2D eigenvalue weighted by Gasteiger charge is -2.21. The van der Waals surface area contributed by atoms with Crippen LogP contribution in [0.1, 0.15) is 40.1 Å². The van der Waals surface area contributed by atoms with Gasteiger partial charge in [0.15, 0.2) is 9.84 Å². The molecule has 0 spiro atoms. The van der Waals surface area contributed by atoms with Crippen LogP contribution in [0.15, 0.2) is 53.4 Å². The number of amides is 2. The third kappa shape index (κ3) is 6.14. The van der Waals surface area contributed by atoms with Crippen LogP contribution in [0.2, 0.25) is 0 Å². The van der Waals surface area contributed by atoms with Gasteiger partial charge in [0, 0.05) is 37.9 Å². The highest BCUT2D eigenvalue weighted by atomic mass is 32.2. The molecule has 0 fully saturated rings. The maximum absolute atomic E-state index is 12.3. The number of carbonyl (C=O) groups is 2. The predicted octanol–water partition coefficient (Wildman–Crippen LogP) is 2.52. The Hall–Kier alpha value is -2.71. The number of rotatable bonds is 9. The fraction of sp³-hybridized carbons (Fsp3) is 0.364. The van der Waals surface area contributed by atoms with Crippen LogP contribution in [-0.4, -0.2) is 57.7 Å². The summed E-state index contributed by atoms with van der Waals surface area (Å²) >= 11 is 0. The summed E-state index contributed by atoms with van der Waals surface area (Å²) in [5.41, 5.74) is 1.81. The average Bonchev–Trinajstić information content (AvgIpc) is 2.75. The second-order valence-electron chi connectivity index (χ2n) is 7.23. The molecule has 0 aromatic heterocycles. The Morgan fingerprint density at radius 2 is 1.57 bits per heavy atom. The lowest BCUT2D eigenvalue weighted by molar-refractivity contribution is 0.0754. The predicted molar refractivity (Wildman–Crippen MR) is 115 cm³/mol. The second-order valence-corrected chi connectivity index (χ2v) is 9.33. The van der Waals surface area contributed by atoms with Crippen LogP contribution < -0.4 is 5.32 Å². The monoisotopic (exact) mass is 432 g/mol. The van der Waals surface area contributed by atoms with Gasteiger partial charge in [0.2, 0.25) is 0 Å². The highest BCUT2D eigenvalue weighted by Crippen LogP contribution is 2.13. The summed E-state index contributed by atoms with van der Waals surface area (Å²) < 4.78 is 29.1. The molecule has 0 aliphatic carbocycles. The molecule has 30 heavy (non-hydrogen) atoms. The summed E-state index contributed by atoms with van der Waals surface area (Å²) in [6, 6.07) is 13.0. The zero-order valence-corrected chi connectivity index (χ0v) is 18.5. The van der Waals surface area contributed by atoms with E-state index in [0.717, 1.165) is 5.56 Å². The minimum atomic E-state index is -3.43. The zero-order valence-electron chi connectivity index (χ0n) is 17.7. The number of methoxy groups -OCH3 is 1. The number of hydrogen-bond acceptors (Lipinski definition) is 5. The summed E-state index contributed by atoms with van der Waals surface area (Å²) in [7, 11) is -0.229. The van der Waals surface area contributed by atoms with Gasteiger partial charge in [-0.05, 0) is 55.8 Å². The molecule has 0 aliphatic rings. The first-order valence-corrected chi connectivity index (χ1v) is 11.3. The molecule has 0 radical (unpaired) electrons. The topological polar surface area (TPSA) is 92.8 Å². The largest absolute Gasteiger partial charge is 0.384 e. The molecule has 2 amide bonds. The number of ether oxygens (including phenoxy) is 1. The molecule has 2 aromatic carbocycles. The molecule has 2 rings (SSSR count). The molecule has 2 aromatic rings. The number of carbonyl (C=O) groups excluding carboxylic acids is 2. The van der Waals surface area contributed by atoms with E-state index in [1.165, 1.54) is 31.4 Å². The number of sulfone groups is 1. The summed E-state index contributed by atoms with van der Waals surface area (Å²) in [6.45, 7) is 4.30. The van der Waals surface area contributed by atoms with Gasteiger partial charge in [-0.2, -0.15) is 0 Å². The molecule has 0 saturated carbocycles. The summed E-state index contributed by atoms with van der Waals surface area (Å²) in [5, 5.41) is 2.79. The van der Waals surface area contributed by atoms with Crippen LogP contribution in [0.25, 0.3) is 0 Å². The third-order valence-corrected chi connectivity index (χ3v) is 6.48. The van der Waals surface area contributed by atoms with Gasteiger partial charge in [-0.3, -0.25) is 9.59 Å². The quantitative estimate of drug-likeness (QED) is 0.657. The van der Waals surface area contributed by atoms with E-state index < -0.39 is 9.84 Å². The first kappa shape index (κ1) is 23.6. The lowest BCUT2D eigenvalue weighted by Crippen LogP contribution is -2.32. The molecular formula is C22H28N2O5S. The second kappa shape index (κ2) is 10.4. The number of nitrogens with one attached hydrogen (secondary N) is 1. The minimum absolute atomic E-state index is 0.0545. The van der Waals surface area contributed by atoms with E-state index in [1.807, 2.05) is 13.8 Å². The first-order chi connectivity index (χ1) is 14.2. The van der Waals surface area contributed by atoms with Crippen LogP contribution in [0, 0.1) is 0 Å². The Kier molecular flexibility index (Phi) is 8.14. The Morgan fingerprint density at radius 3 is 2.10 bits per heavy atom. The smallest absolute Gasteiger partial charge is 0.253 e. The maximum atomic E-state index is 12.3. The average molecular weight is 433 g/mol. The summed E-state index contributed by atoms with van der Waals surface area (Å²) in [5.74, 6) is -0.475. The molecular weight excluding hydrogens is 404 g/mol. The van der Waals surface area contributed by atoms with Gasteiger partial charge in [-0.25, -0.2) is 8.42 Å². The highest BCUT2D eigenvalue weighted by molar-refractivity contribution is 7.91. The van der Waals surface area contributed by atoms with Crippen molar-refractivity contribution in [2.45, 2.75) is 31.3 Å². The van der Waals surface area contributed by atoms with Crippen molar-refractivity contribution in [1.29, 1.82) is 0 Å². The van der Waals surface area contributed by atoms with Crippen molar-refractivity contribution in [2.24, 2.45) is 0 Å². The molecule has 0 aliphatic heterocycles. The molecule has 0 saturated heterocycles. The van der Waals surface area contributed by atoms with Crippen molar-refractivity contribution in [3.8, 4) is 0 Å². The first-order valence-electron chi connectivity index (χ1n) is 9.61. The normalized spacial score (nSPS) is 11.4. The molecule has 1 N–H and O–H groups in total. The fourth-order valence-electron chi connectivity index (χ4n) is 2.61. The SMILES string of the molecule is COCCS(=O)(=O)c1ccc(C(=O)NCc2ccc(C(=O)N(C)C(C)C)cc2)cc1. The van der Waals surface area contributed by atoms with Gasteiger partial charge in [-0.15, -0.1) is 0 Å². The summed E-state index contributed by atoms with van der Waals surface area (Å²) in [4.78, 5) is 26.5. The van der Waals surface area contributed by atoms with E-state index in [4.69, 9.17) is 4.74 Å². The van der Waals surface area contributed by atoms with Crippen molar-refractivity contribution in [1.82, 2.24) is 10.2 Å². The van der Waals surface area contributed by atoms with Crippen LogP contribution >= 0.6 is 0 Å². The van der Waals surface area contributed by atoms with E-state index >= 15 is 0 Å². The molecule has 0 bridgehead atoms. The standard InChI is InChI=1S/C22H28N2O5S/c1-16(2)24(3)22(26)19-7-5-17(6-8-19)15-23-21(25)18-9-11-20(12-10-18)30(27,28)14-13-29-4/h5-12,16H,13-15H2,1-4H3,(H,23,25). The van der Waals surface area contributed by atoms with Gasteiger partial charge in [-0.1, -0.05) is 12.1 Å². The van der Waals surface area contributed by atoms with Crippen molar-refractivity contribution >= 4 is 21.7 Å². The Bertz CT molecular complexity index is 968. The van der Waals surface area contributed by atoms with E-state index in [-0.39, 0.29) is 35.1 Å². The van der Waals surface area contributed by atoms with Gasteiger partial charge < -0.3 is 15.0 Å². The van der Waals surface area contributed by atoms with Gasteiger partial charge in [0.05, 0.1) is 17.3 Å². The number of hydrogen-bond donors (Lipinski definition) is 1. The van der Waals surface area contributed by atoms with Crippen LogP contribution in [0.5, 0.6) is 0 Å². The molecule has 8 heteroatoms. The molecule has 0 unspecified atom stereocenters. The van der Waals surface area contributed by atoms with E-state index in [2.05, 4.69) is 5.32 Å². The molecule has 0 heterocycles. The van der Waals surface area contributed by atoms with E-state index in [9.17, 15) is 18.0 Å². The third-order valence-electron chi connectivity index (χ3n) is 4.78. The Balaban J connectivity index is 1.96.